The molecule has 11 heteroatoms. The molecule has 38 heavy (non-hydrogen) atoms. The molecule has 2 atom stereocenters. The van der Waals surface area contributed by atoms with E-state index in [1.165, 1.54) is 11.3 Å². The van der Waals surface area contributed by atoms with Crippen molar-refractivity contribution in [2.24, 2.45) is 0 Å². The molecule has 1 saturated heterocycles. The van der Waals surface area contributed by atoms with Gasteiger partial charge in [-0.15, -0.1) is 11.3 Å². The van der Waals surface area contributed by atoms with Gasteiger partial charge in [-0.05, 0) is 44.6 Å². The van der Waals surface area contributed by atoms with E-state index in [1.54, 1.807) is 25.4 Å². The summed E-state index contributed by atoms with van der Waals surface area (Å²) >= 11 is 1.38. The van der Waals surface area contributed by atoms with E-state index in [0.717, 1.165) is 18.4 Å². The molecule has 1 fully saturated rings. The number of hydrogen-bond acceptors (Lipinski definition) is 7. The van der Waals surface area contributed by atoms with Crippen molar-refractivity contribution in [2.45, 2.75) is 64.1 Å². The SMILES string of the molecule is Cc1nc2n(n1)CCN(C(=O)c1cscn1)CCCC(=O)N1CCCC[C@H]1C(=O)N[C@@H]2Cc1ccccc1. The highest BCUT2D eigenvalue weighted by atomic mass is 32.1. The molecule has 4 heterocycles. The third kappa shape index (κ3) is 5.93. The molecule has 2 aliphatic heterocycles. The van der Waals surface area contributed by atoms with Gasteiger partial charge in [0.2, 0.25) is 11.8 Å². The highest BCUT2D eigenvalue weighted by Crippen LogP contribution is 2.23. The van der Waals surface area contributed by atoms with Gasteiger partial charge in [0, 0.05) is 31.4 Å². The van der Waals surface area contributed by atoms with E-state index >= 15 is 0 Å². The van der Waals surface area contributed by atoms with Crippen LogP contribution >= 0.6 is 11.3 Å². The van der Waals surface area contributed by atoms with Gasteiger partial charge in [-0.2, -0.15) is 5.10 Å². The van der Waals surface area contributed by atoms with Crippen molar-refractivity contribution >= 4 is 29.1 Å². The normalized spacial score (nSPS) is 21.3. The van der Waals surface area contributed by atoms with Crippen molar-refractivity contribution in [2.75, 3.05) is 19.6 Å². The van der Waals surface area contributed by atoms with Gasteiger partial charge in [0.25, 0.3) is 5.91 Å². The molecule has 2 aliphatic rings. The summed E-state index contributed by atoms with van der Waals surface area (Å²) in [7, 11) is 0. The summed E-state index contributed by atoms with van der Waals surface area (Å²) in [4.78, 5) is 52.5. The first kappa shape index (κ1) is 26.0. The average molecular weight is 536 g/mol. The molecule has 0 bridgehead atoms. The monoisotopic (exact) mass is 535 g/mol. The number of carbonyl (C=O) groups is 3. The van der Waals surface area contributed by atoms with E-state index < -0.39 is 12.1 Å². The Kier molecular flexibility index (Phi) is 8.11. The highest BCUT2D eigenvalue weighted by Gasteiger charge is 2.34. The number of fused-ring (bicyclic) bond motifs is 2. The van der Waals surface area contributed by atoms with Crippen LogP contribution in [0.15, 0.2) is 41.2 Å². The molecule has 3 aromatic rings. The maximum Gasteiger partial charge on any atom is 0.273 e. The summed E-state index contributed by atoms with van der Waals surface area (Å²) in [6.45, 7) is 3.62. The van der Waals surface area contributed by atoms with E-state index in [1.807, 2.05) is 37.3 Å². The van der Waals surface area contributed by atoms with Crippen LogP contribution < -0.4 is 5.32 Å². The molecule has 5 rings (SSSR count). The third-order valence-corrected chi connectivity index (χ3v) is 7.77. The number of benzene rings is 1. The van der Waals surface area contributed by atoms with E-state index in [0.29, 0.717) is 62.8 Å². The number of nitrogens with one attached hydrogen (secondary N) is 1. The Bertz CT molecular complexity index is 1260. The predicted molar refractivity (Wildman–Crippen MR) is 142 cm³/mol. The van der Waals surface area contributed by atoms with E-state index in [2.05, 4.69) is 15.4 Å². The second-order valence-electron chi connectivity index (χ2n) is 9.86. The number of hydrogen-bond donors (Lipinski definition) is 1. The largest absolute Gasteiger partial charge is 0.344 e. The van der Waals surface area contributed by atoms with Crippen molar-refractivity contribution in [3.05, 3.63) is 64.1 Å². The Balaban J connectivity index is 1.49. The zero-order valence-electron chi connectivity index (χ0n) is 21.6. The highest BCUT2D eigenvalue weighted by molar-refractivity contribution is 7.07. The van der Waals surface area contributed by atoms with Crippen molar-refractivity contribution in [3.63, 3.8) is 0 Å². The lowest BCUT2D eigenvalue weighted by molar-refractivity contribution is -0.142. The van der Waals surface area contributed by atoms with Gasteiger partial charge in [0.05, 0.1) is 18.1 Å². The number of nitrogens with zero attached hydrogens (tertiary/aromatic N) is 6. The van der Waals surface area contributed by atoms with Crippen molar-refractivity contribution in [3.8, 4) is 0 Å². The minimum absolute atomic E-state index is 0.0402. The van der Waals surface area contributed by atoms with Crippen LogP contribution in [-0.4, -0.2) is 72.9 Å². The molecule has 0 saturated carbocycles. The smallest absolute Gasteiger partial charge is 0.273 e. The summed E-state index contributed by atoms with van der Waals surface area (Å²) in [6.07, 6.45) is 3.75. The van der Waals surface area contributed by atoms with Gasteiger partial charge < -0.3 is 15.1 Å². The van der Waals surface area contributed by atoms with Gasteiger partial charge >= 0.3 is 0 Å². The topological polar surface area (TPSA) is 113 Å². The molecule has 3 amide bonds. The maximum absolute atomic E-state index is 13.6. The predicted octanol–water partition coefficient (Wildman–Crippen LogP) is 2.76. The molecule has 2 aromatic heterocycles. The summed E-state index contributed by atoms with van der Waals surface area (Å²) in [5.74, 6) is 0.898. The quantitative estimate of drug-likeness (QED) is 0.552. The Morgan fingerprint density at radius 2 is 1.92 bits per heavy atom. The van der Waals surface area contributed by atoms with Crippen molar-refractivity contribution in [1.82, 2.24) is 34.9 Å². The zero-order chi connectivity index (χ0) is 26.5. The molecule has 0 spiro atoms. The van der Waals surface area contributed by atoms with Crippen LogP contribution in [0.1, 0.15) is 65.8 Å². The summed E-state index contributed by atoms with van der Waals surface area (Å²) in [5, 5.41) is 9.59. The Morgan fingerprint density at radius 1 is 1.08 bits per heavy atom. The molecule has 1 N–H and O–H groups in total. The lowest BCUT2D eigenvalue weighted by Crippen LogP contribution is -2.53. The van der Waals surface area contributed by atoms with Crippen LogP contribution in [0.3, 0.4) is 0 Å². The summed E-state index contributed by atoms with van der Waals surface area (Å²) < 4.78 is 1.81. The van der Waals surface area contributed by atoms with Crippen LogP contribution in [0.2, 0.25) is 0 Å². The third-order valence-electron chi connectivity index (χ3n) is 7.18. The van der Waals surface area contributed by atoms with Crippen LogP contribution in [-0.2, 0) is 22.6 Å². The van der Waals surface area contributed by atoms with Gasteiger partial charge in [-0.1, -0.05) is 30.3 Å². The van der Waals surface area contributed by atoms with E-state index in [9.17, 15) is 14.4 Å². The van der Waals surface area contributed by atoms with Crippen molar-refractivity contribution < 1.29 is 14.4 Å². The molecule has 10 nitrogen and oxygen atoms in total. The van der Waals surface area contributed by atoms with Gasteiger partial charge in [0.1, 0.15) is 23.4 Å². The number of carbonyl (C=O) groups excluding carboxylic acids is 3. The number of amides is 3. The Labute approximate surface area is 226 Å². The second kappa shape index (κ2) is 11.8. The number of rotatable bonds is 3. The fourth-order valence-corrected chi connectivity index (χ4v) is 5.82. The van der Waals surface area contributed by atoms with Crippen LogP contribution in [0.5, 0.6) is 0 Å². The van der Waals surface area contributed by atoms with Crippen LogP contribution in [0.25, 0.3) is 0 Å². The van der Waals surface area contributed by atoms with Crippen LogP contribution in [0, 0.1) is 6.92 Å². The molecule has 0 radical (unpaired) electrons. The van der Waals surface area contributed by atoms with Crippen LogP contribution in [0.4, 0.5) is 0 Å². The molecule has 1 aromatic carbocycles. The number of piperidine rings is 1. The van der Waals surface area contributed by atoms with Gasteiger partial charge in [0.15, 0.2) is 0 Å². The summed E-state index contributed by atoms with van der Waals surface area (Å²) in [6, 6.07) is 9.00. The first-order chi connectivity index (χ1) is 18.5. The maximum atomic E-state index is 13.6. The fraction of sp³-hybridized carbons (Fsp3) is 0.481. The standard InChI is InChI=1S/C27H33N7O3S/c1-19-29-25-21(16-20-8-3-2-4-9-20)30-26(36)23-10-5-6-13-33(23)24(35)11-7-12-32(14-15-34(25)31-19)27(37)22-17-38-18-28-22/h2-4,8-9,17-18,21,23H,5-7,10-16H2,1H3,(H,30,36)/t21-,23+/m1/s1. The molecular weight excluding hydrogens is 502 g/mol. The minimum Gasteiger partial charge on any atom is -0.344 e. The zero-order valence-corrected chi connectivity index (χ0v) is 22.4. The average Bonchev–Trinajstić information content (AvgIpc) is 3.60. The fourth-order valence-electron chi connectivity index (χ4n) is 5.30. The lowest BCUT2D eigenvalue weighted by Gasteiger charge is -2.36. The minimum atomic E-state index is -0.511. The number of aromatic nitrogens is 4. The molecule has 200 valence electrons. The number of thiazole rings is 1. The first-order valence-electron chi connectivity index (χ1n) is 13.2. The summed E-state index contributed by atoms with van der Waals surface area (Å²) in [5.41, 5.74) is 3.11. The van der Waals surface area contributed by atoms with E-state index in [4.69, 9.17) is 4.98 Å². The van der Waals surface area contributed by atoms with Gasteiger partial charge in [-0.3, -0.25) is 14.4 Å². The van der Waals surface area contributed by atoms with Crippen molar-refractivity contribution in [1.29, 1.82) is 0 Å². The molecule has 0 unspecified atom stereocenters. The molecular formula is C27H33N7O3S. The van der Waals surface area contributed by atoms with E-state index in [-0.39, 0.29) is 24.1 Å². The first-order valence-corrected chi connectivity index (χ1v) is 14.2. The van der Waals surface area contributed by atoms with Gasteiger partial charge in [-0.25, -0.2) is 14.6 Å². The second-order valence-corrected chi connectivity index (χ2v) is 10.6. The number of aryl methyl sites for hydroxylation is 1. The molecule has 0 aliphatic carbocycles. The lowest BCUT2D eigenvalue weighted by atomic mass is 9.99. The Morgan fingerprint density at radius 3 is 2.71 bits per heavy atom. The Hall–Kier alpha value is -3.60.